The fourth-order valence-corrected chi connectivity index (χ4v) is 1.24. The summed E-state index contributed by atoms with van der Waals surface area (Å²) >= 11 is 0. The number of ether oxygens (including phenoxy) is 1. The molecule has 0 aromatic heterocycles. The van der Waals surface area contributed by atoms with Crippen molar-refractivity contribution >= 4 is 0 Å². The van der Waals surface area contributed by atoms with Gasteiger partial charge in [0.1, 0.15) is 5.75 Å². The Labute approximate surface area is 78.7 Å². The molecule has 0 fully saturated rings. The molecule has 0 aliphatic carbocycles. The summed E-state index contributed by atoms with van der Waals surface area (Å²) in [5, 5.41) is 0. The van der Waals surface area contributed by atoms with Crippen molar-refractivity contribution in [1.29, 1.82) is 0 Å². The van der Waals surface area contributed by atoms with Gasteiger partial charge in [0.25, 0.3) is 0 Å². The van der Waals surface area contributed by atoms with Gasteiger partial charge in [-0.25, -0.2) is 0 Å². The Kier molecular flexibility index (Phi) is 3.73. The second-order valence-electron chi connectivity index (χ2n) is 2.94. The first kappa shape index (κ1) is 10.0. The summed E-state index contributed by atoms with van der Waals surface area (Å²) in [4.78, 5) is 0. The van der Waals surface area contributed by atoms with Crippen LogP contribution in [0.4, 0.5) is 0 Å². The fourth-order valence-electron chi connectivity index (χ4n) is 1.24. The molecule has 1 rings (SSSR count). The van der Waals surface area contributed by atoms with Crippen molar-refractivity contribution < 1.29 is 4.74 Å². The number of hydrogen-bond donors (Lipinski definition) is 2. The van der Waals surface area contributed by atoms with Gasteiger partial charge in [-0.3, -0.25) is 0 Å². The van der Waals surface area contributed by atoms with Crippen LogP contribution in [-0.4, -0.2) is 20.2 Å². The lowest BCUT2D eigenvalue weighted by Gasteiger charge is -2.12. The molecule has 3 heteroatoms. The maximum atomic E-state index is 5.57. The molecule has 0 spiro atoms. The van der Waals surface area contributed by atoms with Crippen molar-refractivity contribution in [3.63, 3.8) is 0 Å². The summed E-state index contributed by atoms with van der Waals surface area (Å²) in [6.45, 7) is 1.17. The molecule has 1 aromatic rings. The van der Waals surface area contributed by atoms with E-state index in [2.05, 4.69) is 0 Å². The van der Waals surface area contributed by atoms with E-state index in [-0.39, 0.29) is 5.92 Å². The normalized spacial score (nSPS) is 10.5. The molecule has 72 valence electrons. The third-order valence-electron chi connectivity index (χ3n) is 2.16. The van der Waals surface area contributed by atoms with Crippen molar-refractivity contribution in [3.05, 3.63) is 29.8 Å². The van der Waals surface area contributed by atoms with E-state index < -0.39 is 0 Å². The third kappa shape index (κ3) is 2.44. The first-order valence-corrected chi connectivity index (χ1v) is 4.36. The van der Waals surface area contributed by atoms with E-state index >= 15 is 0 Å². The van der Waals surface area contributed by atoms with Crippen LogP contribution < -0.4 is 16.2 Å². The second kappa shape index (κ2) is 4.84. The predicted molar refractivity (Wildman–Crippen MR) is 53.8 cm³/mol. The largest absolute Gasteiger partial charge is 0.497 e. The Morgan fingerprint density at radius 1 is 1.15 bits per heavy atom. The van der Waals surface area contributed by atoms with Crippen LogP contribution in [0.5, 0.6) is 5.75 Å². The van der Waals surface area contributed by atoms with Crippen LogP contribution >= 0.6 is 0 Å². The molecule has 0 bridgehead atoms. The molecule has 4 N–H and O–H groups in total. The van der Waals surface area contributed by atoms with Crippen molar-refractivity contribution in [2.75, 3.05) is 20.2 Å². The summed E-state index contributed by atoms with van der Waals surface area (Å²) in [6, 6.07) is 7.85. The highest BCUT2D eigenvalue weighted by Gasteiger charge is 2.06. The van der Waals surface area contributed by atoms with Crippen molar-refractivity contribution in [2.24, 2.45) is 11.5 Å². The van der Waals surface area contributed by atoms with E-state index in [9.17, 15) is 0 Å². The van der Waals surface area contributed by atoms with Gasteiger partial charge in [-0.1, -0.05) is 12.1 Å². The van der Waals surface area contributed by atoms with Crippen LogP contribution in [0.3, 0.4) is 0 Å². The smallest absolute Gasteiger partial charge is 0.118 e. The minimum atomic E-state index is 0.255. The highest BCUT2D eigenvalue weighted by molar-refractivity contribution is 5.29. The Balaban J connectivity index is 2.78. The third-order valence-corrected chi connectivity index (χ3v) is 2.16. The Morgan fingerprint density at radius 3 is 2.08 bits per heavy atom. The molecule has 13 heavy (non-hydrogen) atoms. The molecule has 1 aromatic carbocycles. The van der Waals surface area contributed by atoms with Gasteiger partial charge in [-0.2, -0.15) is 0 Å². The standard InChI is InChI=1S/C10H16N2O/c1-13-10-4-2-8(3-5-10)9(6-11)7-12/h2-5,9H,6-7,11-12H2,1H3. The van der Waals surface area contributed by atoms with E-state index in [1.807, 2.05) is 24.3 Å². The lowest BCUT2D eigenvalue weighted by atomic mass is 10.00. The molecule has 0 atom stereocenters. The lowest BCUT2D eigenvalue weighted by molar-refractivity contribution is 0.414. The van der Waals surface area contributed by atoms with Crippen LogP contribution in [0.2, 0.25) is 0 Å². The first-order chi connectivity index (χ1) is 6.31. The van der Waals surface area contributed by atoms with Crippen LogP contribution in [0.1, 0.15) is 11.5 Å². The summed E-state index contributed by atoms with van der Waals surface area (Å²) in [6.07, 6.45) is 0. The molecule has 0 saturated heterocycles. The summed E-state index contributed by atoms with van der Waals surface area (Å²) < 4.78 is 5.05. The molecule has 3 nitrogen and oxygen atoms in total. The average Bonchev–Trinajstić information content (AvgIpc) is 2.21. The average molecular weight is 180 g/mol. The number of benzene rings is 1. The predicted octanol–water partition coefficient (Wildman–Crippen LogP) is 0.696. The van der Waals surface area contributed by atoms with Gasteiger partial charge in [0.05, 0.1) is 7.11 Å². The van der Waals surface area contributed by atoms with E-state index in [0.717, 1.165) is 5.75 Å². The topological polar surface area (TPSA) is 61.3 Å². The Hall–Kier alpha value is -1.06. The molecule has 0 saturated carbocycles. The van der Waals surface area contributed by atoms with Crippen LogP contribution in [0.15, 0.2) is 24.3 Å². The summed E-state index contributed by atoms with van der Waals surface area (Å²) in [5.74, 6) is 1.11. The van der Waals surface area contributed by atoms with Gasteiger partial charge in [0.2, 0.25) is 0 Å². The van der Waals surface area contributed by atoms with Crippen LogP contribution in [0.25, 0.3) is 0 Å². The highest BCUT2D eigenvalue weighted by Crippen LogP contribution is 2.17. The zero-order valence-electron chi connectivity index (χ0n) is 7.86. The molecule has 0 radical (unpaired) electrons. The number of nitrogens with two attached hydrogens (primary N) is 2. The SMILES string of the molecule is COc1ccc(C(CN)CN)cc1. The van der Waals surface area contributed by atoms with Crippen molar-refractivity contribution in [2.45, 2.75) is 5.92 Å². The number of methoxy groups -OCH3 is 1. The van der Waals surface area contributed by atoms with E-state index in [4.69, 9.17) is 16.2 Å². The molecule has 0 aliphatic rings. The minimum Gasteiger partial charge on any atom is -0.497 e. The number of rotatable bonds is 4. The Morgan fingerprint density at radius 2 is 1.69 bits per heavy atom. The molecule has 0 aliphatic heterocycles. The van der Waals surface area contributed by atoms with E-state index in [0.29, 0.717) is 13.1 Å². The summed E-state index contributed by atoms with van der Waals surface area (Å²) in [7, 11) is 1.65. The fraction of sp³-hybridized carbons (Fsp3) is 0.400. The minimum absolute atomic E-state index is 0.255. The van der Waals surface area contributed by atoms with E-state index in [1.54, 1.807) is 7.11 Å². The van der Waals surface area contributed by atoms with Gasteiger partial charge in [0.15, 0.2) is 0 Å². The van der Waals surface area contributed by atoms with Crippen LogP contribution in [0, 0.1) is 0 Å². The quantitative estimate of drug-likeness (QED) is 0.717. The van der Waals surface area contributed by atoms with Gasteiger partial charge >= 0.3 is 0 Å². The zero-order chi connectivity index (χ0) is 9.68. The van der Waals surface area contributed by atoms with Gasteiger partial charge < -0.3 is 16.2 Å². The second-order valence-corrected chi connectivity index (χ2v) is 2.94. The van der Waals surface area contributed by atoms with Gasteiger partial charge in [-0.15, -0.1) is 0 Å². The van der Waals surface area contributed by atoms with E-state index in [1.165, 1.54) is 5.56 Å². The summed E-state index contributed by atoms with van der Waals surface area (Å²) in [5.41, 5.74) is 12.3. The monoisotopic (exact) mass is 180 g/mol. The molecule has 0 heterocycles. The molecule has 0 unspecified atom stereocenters. The highest BCUT2D eigenvalue weighted by atomic mass is 16.5. The Bertz CT molecular complexity index is 242. The molecular weight excluding hydrogens is 164 g/mol. The molecule has 0 amide bonds. The molecular formula is C10H16N2O. The van der Waals surface area contributed by atoms with Crippen molar-refractivity contribution in [1.82, 2.24) is 0 Å². The number of hydrogen-bond acceptors (Lipinski definition) is 3. The van der Waals surface area contributed by atoms with Gasteiger partial charge in [-0.05, 0) is 17.7 Å². The van der Waals surface area contributed by atoms with Crippen LogP contribution in [-0.2, 0) is 0 Å². The van der Waals surface area contributed by atoms with Gasteiger partial charge in [0, 0.05) is 19.0 Å². The maximum absolute atomic E-state index is 5.57. The van der Waals surface area contributed by atoms with Crippen molar-refractivity contribution in [3.8, 4) is 5.75 Å². The first-order valence-electron chi connectivity index (χ1n) is 4.36. The zero-order valence-corrected chi connectivity index (χ0v) is 7.86. The maximum Gasteiger partial charge on any atom is 0.118 e. The lowest BCUT2D eigenvalue weighted by Crippen LogP contribution is -2.20.